The van der Waals surface area contributed by atoms with Crippen molar-refractivity contribution in [2.24, 2.45) is 0 Å². The molecule has 3 nitrogen and oxygen atoms in total. The van der Waals surface area contributed by atoms with E-state index in [0.717, 1.165) is 28.0 Å². The topological polar surface area (TPSA) is 46.2 Å². The minimum atomic E-state index is -4.09. The van der Waals surface area contributed by atoms with E-state index in [1.54, 1.807) is 24.3 Å². The van der Waals surface area contributed by atoms with Crippen LogP contribution < -0.4 is 4.72 Å². The first kappa shape index (κ1) is 18.5. The zero-order valence-corrected chi connectivity index (χ0v) is 16.1. The molecule has 0 atom stereocenters. The molecule has 0 saturated heterocycles. The van der Waals surface area contributed by atoms with Crippen LogP contribution in [0.4, 0.5) is 10.1 Å². The first-order valence-electron chi connectivity index (χ1n) is 8.51. The summed E-state index contributed by atoms with van der Waals surface area (Å²) in [6, 6.07) is 23.6. The Kier molecular flexibility index (Phi) is 4.79. The molecule has 0 spiro atoms. The highest BCUT2D eigenvalue weighted by Gasteiger charge is 2.20. The van der Waals surface area contributed by atoms with Gasteiger partial charge in [0.2, 0.25) is 0 Å². The summed E-state index contributed by atoms with van der Waals surface area (Å²) in [5.74, 6) is -0.798. The second kappa shape index (κ2) is 7.26. The van der Waals surface area contributed by atoms with Crippen molar-refractivity contribution >= 4 is 38.1 Å². The SMILES string of the molecule is O=S(=O)(Nc1cccc2cccc(-c3ccc(Cl)cc3)c12)c1ccccc1F. The molecule has 0 aliphatic heterocycles. The number of halogens is 2. The molecule has 6 heteroatoms. The lowest BCUT2D eigenvalue weighted by Crippen LogP contribution is -2.14. The maximum Gasteiger partial charge on any atom is 0.264 e. The Bertz CT molecular complexity index is 1270. The van der Waals surface area contributed by atoms with Crippen molar-refractivity contribution in [1.29, 1.82) is 0 Å². The van der Waals surface area contributed by atoms with Crippen molar-refractivity contribution in [3.8, 4) is 11.1 Å². The monoisotopic (exact) mass is 411 g/mol. The van der Waals surface area contributed by atoms with E-state index in [2.05, 4.69) is 4.72 Å². The van der Waals surface area contributed by atoms with Crippen LogP contribution in [0.25, 0.3) is 21.9 Å². The van der Waals surface area contributed by atoms with Crippen molar-refractivity contribution < 1.29 is 12.8 Å². The third-order valence-corrected chi connectivity index (χ3v) is 6.08. The summed E-state index contributed by atoms with van der Waals surface area (Å²) in [7, 11) is -4.09. The highest BCUT2D eigenvalue weighted by atomic mass is 35.5. The molecule has 0 radical (unpaired) electrons. The Balaban J connectivity index is 1.89. The molecular formula is C22H15ClFNO2S. The van der Waals surface area contributed by atoms with Gasteiger partial charge in [0, 0.05) is 10.4 Å². The van der Waals surface area contributed by atoms with Gasteiger partial charge in [-0.25, -0.2) is 12.8 Å². The summed E-state index contributed by atoms with van der Waals surface area (Å²) in [4.78, 5) is -0.393. The van der Waals surface area contributed by atoms with Crippen molar-refractivity contribution in [2.75, 3.05) is 4.72 Å². The Morgan fingerprint density at radius 2 is 1.46 bits per heavy atom. The third kappa shape index (κ3) is 3.46. The number of anilines is 1. The van der Waals surface area contributed by atoms with Crippen LogP contribution in [0.1, 0.15) is 0 Å². The fourth-order valence-corrected chi connectivity index (χ4v) is 4.44. The summed E-state index contributed by atoms with van der Waals surface area (Å²) in [6.45, 7) is 0. The largest absolute Gasteiger partial charge is 0.279 e. The summed E-state index contributed by atoms with van der Waals surface area (Å²) in [5.41, 5.74) is 2.12. The molecule has 0 fully saturated rings. The van der Waals surface area contributed by atoms with Crippen LogP contribution in [0.5, 0.6) is 0 Å². The second-order valence-electron chi connectivity index (χ2n) is 6.25. The van der Waals surface area contributed by atoms with Crippen LogP contribution in [0.2, 0.25) is 5.02 Å². The maximum atomic E-state index is 14.1. The van der Waals surface area contributed by atoms with E-state index < -0.39 is 20.7 Å². The van der Waals surface area contributed by atoms with Gasteiger partial charge < -0.3 is 0 Å². The molecule has 1 N–H and O–H groups in total. The molecule has 0 unspecified atom stereocenters. The zero-order valence-electron chi connectivity index (χ0n) is 14.6. The van der Waals surface area contributed by atoms with Gasteiger partial charge in [0.05, 0.1) is 5.69 Å². The fraction of sp³-hybridized carbons (Fsp3) is 0. The van der Waals surface area contributed by atoms with E-state index in [0.29, 0.717) is 10.7 Å². The highest BCUT2D eigenvalue weighted by Crippen LogP contribution is 2.35. The average molecular weight is 412 g/mol. The van der Waals surface area contributed by atoms with Crippen LogP contribution in [0, 0.1) is 5.82 Å². The van der Waals surface area contributed by atoms with Gasteiger partial charge in [-0.1, -0.05) is 66.2 Å². The number of sulfonamides is 1. The van der Waals surface area contributed by atoms with Crippen molar-refractivity contribution in [1.82, 2.24) is 0 Å². The van der Waals surface area contributed by atoms with Crippen molar-refractivity contribution in [3.05, 3.63) is 95.8 Å². The molecule has 0 bridgehead atoms. The molecule has 0 aromatic heterocycles. The number of fused-ring (bicyclic) bond motifs is 1. The summed E-state index contributed by atoms with van der Waals surface area (Å²) >= 11 is 5.99. The lowest BCUT2D eigenvalue weighted by molar-refractivity contribution is 0.570. The van der Waals surface area contributed by atoms with Crippen LogP contribution >= 0.6 is 11.6 Å². The summed E-state index contributed by atoms with van der Waals surface area (Å²) < 4.78 is 42.2. The van der Waals surface area contributed by atoms with Crippen LogP contribution in [0.3, 0.4) is 0 Å². The fourth-order valence-electron chi connectivity index (χ4n) is 3.16. The van der Waals surface area contributed by atoms with Gasteiger partial charge in [0.1, 0.15) is 10.7 Å². The minimum absolute atomic E-state index is 0.381. The van der Waals surface area contributed by atoms with Crippen LogP contribution in [0.15, 0.2) is 89.8 Å². The predicted molar refractivity (Wildman–Crippen MR) is 112 cm³/mol. The van der Waals surface area contributed by atoms with E-state index in [9.17, 15) is 12.8 Å². The Morgan fingerprint density at radius 1 is 0.786 bits per heavy atom. The van der Waals surface area contributed by atoms with Crippen LogP contribution in [-0.2, 0) is 10.0 Å². The molecule has 0 saturated carbocycles. The van der Waals surface area contributed by atoms with Gasteiger partial charge in [-0.3, -0.25) is 4.72 Å². The van der Waals surface area contributed by atoms with E-state index in [-0.39, 0.29) is 0 Å². The van der Waals surface area contributed by atoms with E-state index in [1.807, 2.05) is 36.4 Å². The number of hydrogen-bond acceptors (Lipinski definition) is 2. The Hall–Kier alpha value is -2.89. The minimum Gasteiger partial charge on any atom is -0.279 e. The normalized spacial score (nSPS) is 11.5. The number of nitrogens with one attached hydrogen (secondary N) is 1. The average Bonchev–Trinajstić information content (AvgIpc) is 2.68. The zero-order chi connectivity index (χ0) is 19.7. The van der Waals surface area contributed by atoms with Gasteiger partial charge in [0.25, 0.3) is 10.0 Å². The lowest BCUT2D eigenvalue weighted by atomic mass is 9.97. The van der Waals surface area contributed by atoms with E-state index in [4.69, 9.17) is 11.6 Å². The predicted octanol–water partition coefficient (Wildman–Crippen LogP) is 6.10. The van der Waals surface area contributed by atoms with E-state index >= 15 is 0 Å². The van der Waals surface area contributed by atoms with Gasteiger partial charge in [0.15, 0.2) is 0 Å². The molecule has 4 aromatic carbocycles. The van der Waals surface area contributed by atoms with E-state index in [1.165, 1.54) is 18.2 Å². The first-order valence-corrected chi connectivity index (χ1v) is 10.4. The molecule has 4 rings (SSSR count). The van der Waals surface area contributed by atoms with Gasteiger partial charge in [-0.15, -0.1) is 0 Å². The van der Waals surface area contributed by atoms with Gasteiger partial charge >= 0.3 is 0 Å². The van der Waals surface area contributed by atoms with Crippen molar-refractivity contribution in [2.45, 2.75) is 4.90 Å². The van der Waals surface area contributed by atoms with Gasteiger partial charge in [-0.05, 0) is 46.8 Å². The lowest BCUT2D eigenvalue weighted by Gasteiger charge is -2.14. The smallest absolute Gasteiger partial charge is 0.264 e. The summed E-state index contributed by atoms with van der Waals surface area (Å²) in [5, 5.41) is 2.21. The quantitative estimate of drug-likeness (QED) is 0.441. The standard InChI is InChI=1S/C22H15ClFNO2S/c23-17-13-11-15(12-14-17)18-7-3-5-16-6-4-9-20(22(16)18)25-28(26,27)21-10-2-1-8-19(21)24/h1-14,25H. The second-order valence-corrected chi connectivity index (χ2v) is 8.34. The number of rotatable bonds is 4. The Labute approximate surface area is 167 Å². The number of hydrogen-bond donors (Lipinski definition) is 1. The molecule has 0 heterocycles. The molecule has 0 amide bonds. The molecule has 0 aliphatic rings. The molecule has 0 aliphatic carbocycles. The van der Waals surface area contributed by atoms with Gasteiger partial charge in [-0.2, -0.15) is 0 Å². The molecule has 140 valence electrons. The molecule has 28 heavy (non-hydrogen) atoms. The summed E-state index contributed by atoms with van der Waals surface area (Å²) in [6.07, 6.45) is 0. The van der Waals surface area contributed by atoms with Crippen molar-refractivity contribution in [3.63, 3.8) is 0 Å². The maximum absolute atomic E-state index is 14.1. The highest BCUT2D eigenvalue weighted by molar-refractivity contribution is 7.92. The molecule has 4 aromatic rings. The number of benzene rings is 4. The van der Waals surface area contributed by atoms with Crippen LogP contribution in [-0.4, -0.2) is 8.42 Å². The Morgan fingerprint density at radius 3 is 2.18 bits per heavy atom. The third-order valence-electron chi connectivity index (χ3n) is 4.43. The molecular weight excluding hydrogens is 397 g/mol. The first-order chi connectivity index (χ1) is 13.5.